The van der Waals surface area contributed by atoms with E-state index in [1.807, 2.05) is 6.92 Å². The van der Waals surface area contributed by atoms with Crippen molar-refractivity contribution in [3.05, 3.63) is 0 Å². The van der Waals surface area contributed by atoms with Gasteiger partial charge in [0.1, 0.15) is 11.5 Å². The Morgan fingerprint density at radius 1 is 1.64 bits per heavy atom. The van der Waals surface area contributed by atoms with Crippen LogP contribution in [-0.2, 0) is 9.53 Å². The third kappa shape index (κ3) is 2.95. The van der Waals surface area contributed by atoms with Gasteiger partial charge in [-0.1, -0.05) is 18.7 Å². The fourth-order valence-electron chi connectivity index (χ4n) is 1.55. The molecule has 0 aromatic carbocycles. The van der Waals surface area contributed by atoms with Gasteiger partial charge in [-0.2, -0.15) is 0 Å². The topological polar surface area (TPSA) is 66.8 Å². The Morgan fingerprint density at radius 2 is 2.29 bits per heavy atom. The molecule has 1 fully saturated rings. The molecule has 0 aliphatic carbocycles. The lowest BCUT2D eigenvalue weighted by molar-refractivity contribution is -0.130. The Bertz CT molecular complexity index is 209. The van der Waals surface area contributed by atoms with Crippen LogP contribution in [0.2, 0.25) is 0 Å². The number of hydrogen-bond donors (Lipinski definition) is 2. The summed E-state index contributed by atoms with van der Waals surface area (Å²) in [6.07, 6.45) is -0.554. The van der Waals surface area contributed by atoms with Gasteiger partial charge in [0.25, 0.3) is 0 Å². The summed E-state index contributed by atoms with van der Waals surface area (Å²) in [6, 6.07) is 0. The fraction of sp³-hybridized carbons (Fsp3) is 0.889. The largest absolute Gasteiger partial charge is 0.394 e. The summed E-state index contributed by atoms with van der Waals surface area (Å²) in [7, 11) is 0. The van der Waals surface area contributed by atoms with Crippen LogP contribution in [0.4, 0.5) is 0 Å². The Labute approximate surface area is 87.6 Å². The fourth-order valence-corrected chi connectivity index (χ4v) is 2.52. The van der Waals surface area contributed by atoms with Gasteiger partial charge in [-0.25, -0.2) is 0 Å². The summed E-state index contributed by atoms with van der Waals surface area (Å²) in [5.41, 5.74) is -0.233. The van der Waals surface area contributed by atoms with Crippen molar-refractivity contribution in [1.29, 1.82) is 0 Å². The van der Waals surface area contributed by atoms with Gasteiger partial charge in [0, 0.05) is 6.92 Å². The third-order valence-electron chi connectivity index (χ3n) is 2.33. The van der Waals surface area contributed by atoms with E-state index < -0.39 is 12.2 Å². The molecular formula is C9H16O4S. The molecule has 5 heteroatoms. The first kappa shape index (κ1) is 12.0. The average Bonchev–Trinajstić information content (AvgIpc) is 2.10. The number of aliphatic hydroxyl groups excluding tert-OH is 2. The lowest BCUT2D eigenvalue weighted by Gasteiger charge is -2.36. The van der Waals surface area contributed by atoms with Crippen molar-refractivity contribution < 1.29 is 19.7 Å². The van der Waals surface area contributed by atoms with Crippen molar-refractivity contribution in [3.63, 3.8) is 0 Å². The number of aliphatic hydroxyl groups is 2. The van der Waals surface area contributed by atoms with Crippen molar-refractivity contribution in [2.75, 3.05) is 6.61 Å². The minimum Gasteiger partial charge on any atom is -0.394 e. The molecule has 4 atom stereocenters. The highest BCUT2D eigenvalue weighted by Crippen LogP contribution is 2.31. The maximum Gasteiger partial charge on any atom is 0.188 e. The molecule has 1 saturated heterocycles. The normalized spacial score (nSPS) is 38.3. The number of carbonyl (C=O) groups excluding carboxylic acids is 1. The van der Waals surface area contributed by atoms with E-state index in [0.29, 0.717) is 6.42 Å². The second-order valence-corrected chi connectivity index (χ2v) is 4.94. The summed E-state index contributed by atoms with van der Waals surface area (Å²) in [5, 5.41) is 18.6. The summed E-state index contributed by atoms with van der Waals surface area (Å²) < 4.78 is 5.37. The number of rotatable bonds is 2. The van der Waals surface area contributed by atoms with Gasteiger partial charge in [0.2, 0.25) is 0 Å². The maximum absolute atomic E-state index is 10.9. The summed E-state index contributed by atoms with van der Waals surface area (Å²) >= 11 is 1.12. The standard InChI is InChI=1S/C9H16O4S/c1-5-3-8(14-6(2)11)13-7(4-10)9(5)12/h5,7-10,12H,3-4H2,1-2H3. The van der Waals surface area contributed by atoms with Crippen LogP contribution in [0.1, 0.15) is 20.3 Å². The van der Waals surface area contributed by atoms with Gasteiger partial charge in [0.05, 0.1) is 12.7 Å². The highest BCUT2D eigenvalue weighted by atomic mass is 32.2. The predicted molar refractivity (Wildman–Crippen MR) is 53.8 cm³/mol. The Morgan fingerprint density at radius 3 is 2.79 bits per heavy atom. The van der Waals surface area contributed by atoms with Crippen molar-refractivity contribution in [2.24, 2.45) is 5.92 Å². The van der Waals surface area contributed by atoms with E-state index in [1.165, 1.54) is 6.92 Å². The monoisotopic (exact) mass is 220 g/mol. The summed E-state index contributed by atoms with van der Waals surface area (Å²) in [4.78, 5) is 10.9. The van der Waals surface area contributed by atoms with Gasteiger partial charge < -0.3 is 14.9 Å². The quantitative estimate of drug-likeness (QED) is 0.704. The highest BCUT2D eigenvalue weighted by Gasteiger charge is 2.35. The first-order valence-electron chi connectivity index (χ1n) is 4.66. The lowest BCUT2D eigenvalue weighted by atomic mass is 9.94. The Balaban J connectivity index is 2.53. The van der Waals surface area contributed by atoms with Crippen molar-refractivity contribution in [3.8, 4) is 0 Å². The number of thioether (sulfide) groups is 1. The Kier molecular flexibility index (Phi) is 4.37. The molecule has 1 heterocycles. The second-order valence-electron chi connectivity index (χ2n) is 3.60. The van der Waals surface area contributed by atoms with E-state index in [-0.39, 0.29) is 23.1 Å². The van der Waals surface area contributed by atoms with Gasteiger partial charge in [-0.3, -0.25) is 4.79 Å². The lowest BCUT2D eigenvalue weighted by Crippen LogP contribution is -2.45. The minimum atomic E-state index is -0.635. The molecule has 0 saturated carbocycles. The summed E-state index contributed by atoms with van der Waals surface area (Å²) in [5.74, 6) is 0.0535. The van der Waals surface area contributed by atoms with Gasteiger partial charge in [-0.05, 0) is 12.3 Å². The molecule has 1 aliphatic rings. The van der Waals surface area contributed by atoms with Crippen LogP contribution in [-0.4, -0.2) is 39.6 Å². The van der Waals surface area contributed by atoms with Crippen molar-refractivity contribution >= 4 is 16.9 Å². The molecule has 4 nitrogen and oxygen atoms in total. The first-order valence-corrected chi connectivity index (χ1v) is 5.54. The van der Waals surface area contributed by atoms with Gasteiger partial charge >= 0.3 is 0 Å². The minimum absolute atomic E-state index is 0.00437. The van der Waals surface area contributed by atoms with E-state index in [4.69, 9.17) is 9.84 Å². The molecule has 1 aliphatic heterocycles. The molecule has 0 radical (unpaired) electrons. The first-order chi connectivity index (χ1) is 6.54. The average molecular weight is 220 g/mol. The van der Waals surface area contributed by atoms with E-state index in [0.717, 1.165) is 11.8 Å². The molecule has 0 aromatic heterocycles. The molecule has 82 valence electrons. The number of ether oxygens (including phenoxy) is 1. The molecule has 2 N–H and O–H groups in total. The molecule has 0 aromatic rings. The predicted octanol–water partition coefficient (Wildman–Crippen LogP) is 0.370. The highest BCUT2D eigenvalue weighted by molar-refractivity contribution is 8.13. The van der Waals surface area contributed by atoms with Crippen LogP contribution in [0.5, 0.6) is 0 Å². The van der Waals surface area contributed by atoms with Crippen LogP contribution in [0.25, 0.3) is 0 Å². The molecular weight excluding hydrogens is 204 g/mol. The van der Waals surface area contributed by atoms with Crippen molar-refractivity contribution in [1.82, 2.24) is 0 Å². The van der Waals surface area contributed by atoms with E-state index in [2.05, 4.69) is 0 Å². The van der Waals surface area contributed by atoms with E-state index >= 15 is 0 Å². The van der Waals surface area contributed by atoms with Crippen LogP contribution < -0.4 is 0 Å². The van der Waals surface area contributed by atoms with E-state index in [1.54, 1.807) is 0 Å². The number of carbonyl (C=O) groups is 1. The van der Waals surface area contributed by atoms with Gasteiger partial charge in [-0.15, -0.1) is 0 Å². The summed E-state index contributed by atoms with van der Waals surface area (Å²) in [6.45, 7) is 3.17. The SMILES string of the molecule is CC(=O)SC1CC(C)C(O)C(CO)O1. The Hall–Kier alpha value is -0.100. The van der Waals surface area contributed by atoms with Crippen LogP contribution >= 0.6 is 11.8 Å². The molecule has 0 bridgehead atoms. The zero-order valence-electron chi connectivity index (χ0n) is 8.34. The van der Waals surface area contributed by atoms with Crippen LogP contribution in [0.15, 0.2) is 0 Å². The maximum atomic E-state index is 10.9. The van der Waals surface area contributed by atoms with Crippen LogP contribution in [0, 0.1) is 5.92 Å². The van der Waals surface area contributed by atoms with Crippen molar-refractivity contribution in [2.45, 2.75) is 37.9 Å². The second kappa shape index (κ2) is 5.11. The molecule has 1 rings (SSSR count). The molecule has 4 unspecified atom stereocenters. The third-order valence-corrected chi connectivity index (χ3v) is 3.23. The zero-order valence-corrected chi connectivity index (χ0v) is 9.16. The molecule has 14 heavy (non-hydrogen) atoms. The number of hydrogen-bond acceptors (Lipinski definition) is 5. The van der Waals surface area contributed by atoms with Crippen LogP contribution in [0.3, 0.4) is 0 Å². The van der Waals surface area contributed by atoms with Gasteiger partial charge in [0.15, 0.2) is 5.12 Å². The zero-order chi connectivity index (χ0) is 10.7. The molecule has 0 amide bonds. The van der Waals surface area contributed by atoms with E-state index in [9.17, 15) is 9.90 Å². The molecule has 0 spiro atoms. The smallest absolute Gasteiger partial charge is 0.188 e.